The number of aryl methyl sites for hydroxylation is 1. The van der Waals surface area contributed by atoms with Crippen LogP contribution in [0.3, 0.4) is 0 Å². The van der Waals surface area contributed by atoms with Crippen LogP contribution in [-0.2, 0) is 10.0 Å². The molecule has 0 amide bonds. The van der Waals surface area contributed by atoms with E-state index in [1.54, 1.807) is 0 Å². The van der Waals surface area contributed by atoms with Crippen LogP contribution in [0.5, 0.6) is 0 Å². The van der Waals surface area contributed by atoms with E-state index in [4.69, 9.17) is 5.73 Å². The minimum atomic E-state index is -4.07. The Bertz CT molecular complexity index is 810. The second-order valence-electron chi connectivity index (χ2n) is 4.38. The summed E-state index contributed by atoms with van der Waals surface area (Å²) in [6.07, 6.45) is 0. The molecule has 0 heterocycles. The number of hydrogen-bond acceptors (Lipinski definition) is 3. The number of hydrogen-bond donors (Lipinski definition) is 2. The molecule has 0 atom stereocenters. The van der Waals surface area contributed by atoms with Crippen LogP contribution in [0.25, 0.3) is 0 Å². The number of anilines is 2. The standard InChI is InChI=1S/C13H11BrF2N2O2S/c1-7-4-11(16)12(6-10(7)15)18-21(19,20)13-3-2-8(17)5-9(13)14/h2-6,18H,17H2,1H3. The highest BCUT2D eigenvalue weighted by atomic mass is 79.9. The Kier molecular flexibility index (Phi) is 4.20. The van der Waals surface area contributed by atoms with Crippen molar-refractivity contribution >= 4 is 37.3 Å². The molecular formula is C13H11BrF2N2O2S. The molecule has 0 aliphatic rings. The molecule has 0 bridgehead atoms. The third kappa shape index (κ3) is 3.33. The van der Waals surface area contributed by atoms with E-state index in [9.17, 15) is 17.2 Å². The van der Waals surface area contributed by atoms with Gasteiger partial charge < -0.3 is 5.73 Å². The van der Waals surface area contributed by atoms with Crippen molar-refractivity contribution in [2.24, 2.45) is 0 Å². The Morgan fingerprint density at radius 2 is 1.81 bits per heavy atom. The number of benzene rings is 2. The molecule has 0 unspecified atom stereocenters. The molecule has 8 heteroatoms. The van der Waals surface area contributed by atoms with Crippen LogP contribution in [-0.4, -0.2) is 8.42 Å². The van der Waals surface area contributed by atoms with Crippen LogP contribution in [0.2, 0.25) is 0 Å². The maximum absolute atomic E-state index is 13.7. The van der Waals surface area contributed by atoms with Crippen LogP contribution in [0.15, 0.2) is 39.7 Å². The van der Waals surface area contributed by atoms with E-state index >= 15 is 0 Å². The van der Waals surface area contributed by atoms with Crippen molar-refractivity contribution in [3.05, 3.63) is 52.0 Å². The molecular weight excluding hydrogens is 366 g/mol. The number of nitrogens with two attached hydrogens (primary N) is 1. The van der Waals surface area contributed by atoms with Crippen LogP contribution >= 0.6 is 15.9 Å². The van der Waals surface area contributed by atoms with Gasteiger partial charge in [0.25, 0.3) is 10.0 Å². The molecule has 0 aliphatic heterocycles. The quantitative estimate of drug-likeness (QED) is 0.806. The summed E-state index contributed by atoms with van der Waals surface area (Å²) in [6, 6.07) is 5.79. The van der Waals surface area contributed by atoms with E-state index in [1.165, 1.54) is 25.1 Å². The maximum Gasteiger partial charge on any atom is 0.263 e. The topological polar surface area (TPSA) is 72.2 Å². The lowest BCUT2D eigenvalue weighted by molar-refractivity contribution is 0.590. The second kappa shape index (κ2) is 5.61. The summed E-state index contributed by atoms with van der Waals surface area (Å²) in [5.74, 6) is -1.56. The Morgan fingerprint density at radius 1 is 1.14 bits per heavy atom. The number of rotatable bonds is 3. The van der Waals surface area contributed by atoms with Crippen LogP contribution in [0.4, 0.5) is 20.2 Å². The monoisotopic (exact) mass is 376 g/mol. The van der Waals surface area contributed by atoms with Gasteiger partial charge in [-0.1, -0.05) is 0 Å². The first-order valence-corrected chi connectivity index (χ1v) is 8.02. The zero-order valence-corrected chi connectivity index (χ0v) is 13.2. The average molecular weight is 377 g/mol. The van der Waals surface area contributed by atoms with Gasteiger partial charge in [-0.3, -0.25) is 4.72 Å². The van der Waals surface area contributed by atoms with Crippen LogP contribution in [0.1, 0.15) is 5.56 Å². The molecule has 0 radical (unpaired) electrons. The molecule has 0 fully saturated rings. The summed E-state index contributed by atoms with van der Waals surface area (Å²) in [4.78, 5) is -0.128. The first-order valence-electron chi connectivity index (χ1n) is 5.74. The van der Waals surface area contributed by atoms with Gasteiger partial charge in [-0.2, -0.15) is 0 Å². The number of halogens is 3. The molecule has 2 aromatic rings. The van der Waals surface area contributed by atoms with Crippen molar-refractivity contribution in [2.75, 3.05) is 10.5 Å². The lowest BCUT2D eigenvalue weighted by atomic mass is 10.2. The Balaban J connectivity index is 2.45. The first kappa shape index (κ1) is 15.7. The van der Waals surface area contributed by atoms with Gasteiger partial charge >= 0.3 is 0 Å². The molecule has 0 aromatic heterocycles. The second-order valence-corrected chi connectivity index (χ2v) is 6.88. The highest BCUT2D eigenvalue weighted by Crippen LogP contribution is 2.27. The molecule has 4 nitrogen and oxygen atoms in total. The fourth-order valence-electron chi connectivity index (χ4n) is 1.66. The van der Waals surface area contributed by atoms with E-state index in [0.29, 0.717) is 5.69 Å². The van der Waals surface area contributed by atoms with E-state index in [-0.39, 0.29) is 14.9 Å². The van der Waals surface area contributed by atoms with Crippen molar-refractivity contribution in [1.82, 2.24) is 0 Å². The van der Waals surface area contributed by atoms with Crippen molar-refractivity contribution in [2.45, 2.75) is 11.8 Å². The zero-order valence-electron chi connectivity index (χ0n) is 10.8. The van der Waals surface area contributed by atoms with Gasteiger partial charge in [0.05, 0.1) is 5.69 Å². The van der Waals surface area contributed by atoms with Gasteiger partial charge in [0.1, 0.15) is 16.5 Å². The van der Waals surface area contributed by atoms with Crippen molar-refractivity contribution in [3.63, 3.8) is 0 Å². The van der Waals surface area contributed by atoms with Gasteiger partial charge in [-0.15, -0.1) is 0 Å². The molecule has 0 saturated carbocycles. The molecule has 3 N–H and O–H groups in total. The molecule has 0 aliphatic carbocycles. The van der Waals surface area contributed by atoms with Crippen LogP contribution in [0, 0.1) is 18.6 Å². The van der Waals surface area contributed by atoms with Gasteiger partial charge in [-0.05, 0) is 52.7 Å². The average Bonchev–Trinajstić information content (AvgIpc) is 2.35. The van der Waals surface area contributed by atoms with E-state index in [1.807, 2.05) is 4.72 Å². The van der Waals surface area contributed by atoms with Gasteiger partial charge in [-0.25, -0.2) is 17.2 Å². The molecule has 2 rings (SSSR count). The predicted molar refractivity (Wildman–Crippen MR) is 80.5 cm³/mol. The summed E-state index contributed by atoms with van der Waals surface area (Å²) in [6.45, 7) is 1.38. The third-order valence-electron chi connectivity index (χ3n) is 2.74. The lowest BCUT2D eigenvalue weighted by Gasteiger charge is -2.11. The minimum Gasteiger partial charge on any atom is -0.399 e. The zero-order chi connectivity index (χ0) is 15.8. The molecule has 0 saturated heterocycles. The summed E-state index contributed by atoms with van der Waals surface area (Å²) in [7, 11) is -4.07. The van der Waals surface area contributed by atoms with Gasteiger partial charge in [0.15, 0.2) is 0 Å². The third-order valence-corrected chi connectivity index (χ3v) is 5.08. The smallest absolute Gasteiger partial charge is 0.263 e. The Morgan fingerprint density at radius 3 is 2.43 bits per heavy atom. The van der Waals surface area contributed by atoms with Gasteiger partial charge in [0, 0.05) is 16.2 Å². The molecule has 0 spiro atoms. The maximum atomic E-state index is 13.7. The van der Waals surface area contributed by atoms with E-state index in [0.717, 1.165) is 12.1 Å². The largest absolute Gasteiger partial charge is 0.399 e. The lowest BCUT2D eigenvalue weighted by Crippen LogP contribution is -2.15. The number of sulfonamides is 1. The number of nitrogens with one attached hydrogen (secondary N) is 1. The summed E-state index contributed by atoms with van der Waals surface area (Å²) in [5, 5.41) is 0. The van der Waals surface area contributed by atoms with Gasteiger partial charge in [0.2, 0.25) is 0 Å². The molecule has 112 valence electrons. The molecule has 2 aromatic carbocycles. The highest BCUT2D eigenvalue weighted by molar-refractivity contribution is 9.10. The Hall–Kier alpha value is -1.67. The Labute approximate surface area is 129 Å². The minimum absolute atomic E-state index is 0.0871. The fourth-order valence-corrected chi connectivity index (χ4v) is 3.81. The van der Waals surface area contributed by atoms with Crippen LogP contribution < -0.4 is 10.5 Å². The number of nitrogen functional groups attached to an aromatic ring is 1. The molecule has 21 heavy (non-hydrogen) atoms. The normalized spacial score (nSPS) is 11.4. The fraction of sp³-hybridized carbons (Fsp3) is 0.0769. The summed E-state index contributed by atoms with van der Waals surface area (Å²) >= 11 is 3.07. The predicted octanol–water partition coefficient (Wildman–Crippen LogP) is 3.42. The van der Waals surface area contributed by atoms with E-state index in [2.05, 4.69) is 15.9 Å². The summed E-state index contributed by atoms with van der Waals surface area (Å²) < 4.78 is 53.8. The first-order chi connectivity index (χ1) is 9.70. The van der Waals surface area contributed by atoms with Crippen molar-refractivity contribution in [1.29, 1.82) is 0 Å². The van der Waals surface area contributed by atoms with E-state index < -0.39 is 27.3 Å². The van der Waals surface area contributed by atoms with Crippen molar-refractivity contribution < 1.29 is 17.2 Å². The van der Waals surface area contributed by atoms with Crippen molar-refractivity contribution in [3.8, 4) is 0 Å². The summed E-state index contributed by atoms with van der Waals surface area (Å²) in [5.41, 5.74) is 5.53. The SMILES string of the molecule is Cc1cc(F)c(NS(=O)(=O)c2ccc(N)cc2Br)cc1F. The highest BCUT2D eigenvalue weighted by Gasteiger charge is 2.20.